The first-order chi connectivity index (χ1) is 16.8. The third kappa shape index (κ3) is 7.50. The lowest BCUT2D eigenvalue weighted by Crippen LogP contribution is -2.37. The molecule has 1 heterocycles. The minimum absolute atomic E-state index is 0.149. The molecule has 1 aliphatic rings. The molecular formula is C26H35Cl2N5O2. The highest BCUT2D eigenvalue weighted by atomic mass is 35.5. The minimum Gasteiger partial charge on any atom is -0.371 e. The lowest BCUT2D eigenvalue weighted by Gasteiger charge is -2.33. The number of amides is 3. The van der Waals surface area contributed by atoms with Crippen molar-refractivity contribution in [1.29, 1.82) is 0 Å². The first-order valence-corrected chi connectivity index (χ1v) is 13.0. The maximum Gasteiger partial charge on any atom is 0.323 e. The van der Waals surface area contributed by atoms with Crippen LogP contribution in [0.15, 0.2) is 36.4 Å². The van der Waals surface area contributed by atoms with Crippen molar-refractivity contribution < 1.29 is 9.59 Å². The summed E-state index contributed by atoms with van der Waals surface area (Å²) in [4.78, 5) is 30.4. The number of nitrogens with one attached hydrogen (secondary N) is 3. The molecule has 1 saturated heterocycles. The highest BCUT2D eigenvalue weighted by Crippen LogP contribution is 2.31. The Labute approximate surface area is 218 Å². The number of benzene rings is 2. The first kappa shape index (κ1) is 27.1. The monoisotopic (exact) mass is 519 g/mol. The van der Waals surface area contributed by atoms with Crippen molar-refractivity contribution in [3.05, 3.63) is 52.0 Å². The number of rotatable bonds is 9. The molecule has 3 rings (SSSR count). The van der Waals surface area contributed by atoms with E-state index in [0.717, 1.165) is 51.3 Å². The van der Waals surface area contributed by atoms with Gasteiger partial charge in [0.05, 0.1) is 21.3 Å². The Morgan fingerprint density at radius 2 is 1.69 bits per heavy atom. The summed E-state index contributed by atoms with van der Waals surface area (Å²) in [5, 5.41) is 9.22. The van der Waals surface area contributed by atoms with E-state index in [1.165, 1.54) is 0 Å². The molecule has 3 N–H and O–H groups in total. The Bertz CT molecular complexity index is 1000. The number of para-hydroxylation sites is 1. The highest BCUT2D eigenvalue weighted by molar-refractivity contribution is 6.39. The quantitative estimate of drug-likeness (QED) is 0.382. The maximum atomic E-state index is 13.2. The number of hydrogen-bond donors (Lipinski definition) is 3. The Morgan fingerprint density at radius 3 is 2.31 bits per heavy atom. The third-order valence-electron chi connectivity index (χ3n) is 6.43. The van der Waals surface area contributed by atoms with Crippen LogP contribution in [0.4, 0.5) is 21.9 Å². The predicted molar refractivity (Wildman–Crippen MR) is 146 cm³/mol. The molecule has 1 fully saturated rings. The van der Waals surface area contributed by atoms with E-state index in [4.69, 9.17) is 23.2 Å². The molecule has 3 amide bonds. The number of halogens is 2. The van der Waals surface area contributed by atoms with Gasteiger partial charge in [0.25, 0.3) is 5.91 Å². The molecule has 0 bridgehead atoms. The van der Waals surface area contributed by atoms with Gasteiger partial charge in [-0.25, -0.2) is 4.79 Å². The Balaban J connectivity index is 1.77. The van der Waals surface area contributed by atoms with Crippen molar-refractivity contribution in [2.75, 3.05) is 54.8 Å². The molecule has 35 heavy (non-hydrogen) atoms. The summed E-state index contributed by atoms with van der Waals surface area (Å²) >= 11 is 12.3. The van der Waals surface area contributed by atoms with Gasteiger partial charge in [-0.15, -0.1) is 0 Å². The Hall–Kier alpha value is -2.48. The van der Waals surface area contributed by atoms with Crippen LogP contribution in [-0.2, 0) is 0 Å². The van der Waals surface area contributed by atoms with Gasteiger partial charge in [-0.2, -0.15) is 0 Å². The smallest absolute Gasteiger partial charge is 0.323 e. The van der Waals surface area contributed by atoms with Gasteiger partial charge in [0.2, 0.25) is 0 Å². The van der Waals surface area contributed by atoms with Crippen molar-refractivity contribution in [1.82, 2.24) is 10.2 Å². The summed E-state index contributed by atoms with van der Waals surface area (Å²) < 4.78 is 0. The minimum atomic E-state index is -0.493. The van der Waals surface area contributed by atoms with Crippen LogP contribution in [0.5, 0.6) is 0 Å². The fourth-order valence-corrected chi connectivity index (χ4v) is 4.67. The fraction of sp³-hybridized carbons (Fsp3) is 0.462. The van der Waals surface area contributed by atoms with Gasteiger partial charge >= 0.3 is 6.03 Å². The summed E-state index contributed by atoms with van der Waals surface area (Å²) in [5.74, 6) is 0.530. The van der Waals surface area contributed by atoms with E-state index >= 15 is 0 Å². The number of carbonyl (C=O) groups excluding carboxylic acids is 2. The van der Waals surface area contributed by atoms with Crippen molar-refractivity contribution >= 4 is 52.2 Å². The van der Waals surface area contributed by atoms with Crippen LogP contribution in [0.3, 0.4) is 0 Å². The number of likely N-dealkylation sites (N-methyl/N-ethyl adjacent to an activating group) is 1. The molecule has 2 aromatic carbocycles. The zero-order chi connectivity index (χ0) is 25.4. The summed E-state index contributed by atoms with van der Waals surface area (Å²) in [6, 6.07) is 9.97. The molecular weight excluding hydrogens is 485 g/mol. The van der Waals surface area contributed by atoms with Gasteiger partial charge in [-0.1, -0.05) is 50.0 Å². The lowest BCUT2D eigenvalue weighted by atomic mass is 9.98. The zero-order valence-corrected chi connectivity index (χ0v) is 22.2. The Kier molecular flexibility index (Phi) is 10.1. The van der Waals surface area contributed by atoms with E-state index in [2.05, 4.69) is 46.5 Å². The van der Waals surface area contributed by atoms with Gasteiger partial charge in [-0.3, -0.25) is 4.79 Å². The van der Waals surface area contributed by atoms with Crippen molar-refractivity contribution in [2.24, 2.45) is 5.92 Å². The van der Waals surface area contributed by atoms with Gasteiger partial charge in [-0.05, 0) is 62.2 Å². The second-order valence-corrected chi connectivity index (χ2v) is 9.67. The van der Waals surface area contributed by atoms with Gasteiger partial charge < -0.3 is 25.8 Å². The predicted octanol–water partition coefficient (Wildman–Crippen LogP) is 5.95. The molecule has 2 aromatic rings. The summed E-state index contributed by atoms with van der Waals surface area (Å²) in [6.45, 7) is 11.5. The molecule has 7 nitrogen and oxygen atoms in total. The van der Waals surface area contributed by atoms with E-state index < -0.39 is 6.03 Å². The lowest BCUT2D eigenvalue weighted by molar-refractivity contribution is 0.0949. The van der Waals surface area contributed by atoms with E-state index in [1.807, 2.05) is 12.1 Å². The number of anilines is 3. The molecule has 0 radical (unpaired) electrons. The molecule has 190 valence electrons. The fourth-order valence-electron chi connectivity index (χ4n) is 4.18. The highest BCUT2D eigenvalue weighted by Gasteiger charge is 2.22. The van der Waals surface area contributed by atoms with Crippen molar-refractivity contribution in [3.63, 3.8) is 0 Å². The molecule has 0 unspecified atom stereocenters. The standard InChI is InChI=1S/C26H35Cl2N5O2/c1-4-32(5-2)16-13-29-25(34)20-17-19(9-10-23(20)33-14-11-18(3)12-15-33)30-26(35)31-24-21(27)7-6-8-22(24)28/h6-10,17-18H,4-5,11-16H2,1-3H3,(H,29,34)(H2,30,31,35). The van der Waals surface area contributed by atoms with E-state index in [9.17, 15) is 9.59 Å². The molecule has 0 atom stereocenters. The number of carbonyl (C=O) groups is 2. The zero-order valence-electron chi connectivity index (χ0n) is 20.7. The SMILES string of the molecule is CCN(CC)CCNC(=O)c1cc(NC(=O)Nc2c(Cl)cccc2Cl)ccc1N1CCC(C)CC1. The second kappa shape index (κ2) is 13.0. The van der Waals surface area contributed by atoms with Gasteiger partial charge in [0, 0.05) is 37.6 Å². The van der Waals surface area contributed by atoms with Crippen LogP contribution >= 0.6 is 23.2 Å². The van der Waals surface area contributed by atoms with Crippen LogP contribution < -0.4 is 20.9 Å². The number of nitrogens with zero attached hydrogens (tertiary/aromatic N) is 2. The average molecular weight is 521 g/mol. The molecule has 1 aliphatic heterocycles. The topological polar surface area (TPSA) is 76.7 Å². The van der Waals surface area contributed by atoms with E-state index in [-0.39, 0.29) is 5.91 Å². The Morgan fingerprint density at radius 1 is 1.03 bits per heavy atom. The first-order valence-electron chi connectivity index (χ1n) is 12.2. The second-order valence-electron chi connectivity index (χ2n) is 8.86. The largest absolute Gasteiger partial charge is 0.371 e. The number of hydrogen-bond acceptors (Lipinski definition) is 4. The van der Waals surface area contributed by atoms with Crippen molar-refractivity contribution in [2.45, 2.75) is 33.6 Å². The third-order valence-corrected chi connectivity index (χ3v) is 7.06. The van der Waals surface area contributed by atoms with Gasteiger partial charge in [0.15, 0.2) is 0 Å². The van der Waals surface area contributed by atoms with E-state index in [1.54, 1.807) is 24.3 Å². The summed E-state index contributed by atoms with van der Waals surface area (Å²) in [5.41, 5.74) is 2.28. The number of piperidine rings is 1. The average Bonchev–Trinajstić information content (AvgIpc) is 2.84. The molecule has 0 aromatic heterocycles. The molecule has 0 saturated carbocycles. The van der Waals surface area contributed by atoms with Crippen molar-refractivity contribution in [3.8, 4) is 0 Å². The van der Waals surface area contributed by atoms with Crippen LogP contribution in [0, 0.1) is 5.92 Å². The molecule has 9 heteroatoms. The summed E-state index contributed by atoms with van der Waals surface area (Å²) in [7, 11) is 0. The normalized spacial score (nSPS) is 14.2. The van der Waals surface area contributed by atoms with Crippen LogP contribution in [0.25, 0.3) is 0 Å². The number of urea groups is 1. The molecule has 0 spiro atoms. The molecule has 0 aliphatic carbocycles. The maximum absolute atomic E-state index is 13.2. The van der Waals surface area contributed by atoms with Crippen LogP contribution in [0.2, 0.25) is 10.0 Å². The summed E-state index contributed by atoms with van der Waals surface area (Å²) in [6.07, 6.45) is 2.17. The van der Waals surface area contributed by atoms with Crippen LogP contribution in [-0.4, -0.2) is 56.1 Å². The van der Waals surface area contributed by atoms with Gasteiger partial charge in [0.1, 0.15) is 0 Å². The van der Waals surface area contributed by atoms with Crippen LogP contribution in [0.1, 0.15) is 44.0 Å². The van der Waals surface area contributed by atoms with E-state index in [0.29, 0.717) is 39.4 Å².